The monoisotopic (exact) mass is 482 g/mol. The summed E-state index contributed by atoms with van der Waals surface area (Å²) in [4.78, 5) is 27.4. The number of hydrogen-bond donors (Lipinski definition) is 3. The fourth-order valence-electron chi connectivity index (χ4n) is 3.45. The van der Waals surface area contributed by atoms with E-state index in [1.807, 2.05) is 19.1 Å². The number of oxazole rings is 1. The number of nitrogens with one attached hydrogen (secondary N) is 1. The van der Waals surface area contributed by atoms with Crippen LogP contribution in [0.3, 0.4) is 0 Å². The van der Waals surface area contributed by atoms with Gasteiger partial charge in [-0.05, 0) is 68.7 Å². The highest BCUT2D eigenvalue weighted by Crippen LogP contribution is 2.25. The average molecular weight is 483 g/mol. The number of aromatic nitrogens is 1. The van der Waals surface area contributed by atoms with Crippen LogP contribution in [0.25, 0.3) is 11.5 Å². The summed E-state index contributed by atoms with van der Waals surface area (Å²) in [6, 6.07) is 12.1. The van der Waals surface area contributed by atoms with Gasteiger partial charge in [0, 0.05) is 24.9 Å². The van der Waals surface area contributed by atoms with Crippen molar-refractivity contribution in [1.82, 2.24) is 10.3 Å². The van der Waals surface area contributed by atoms with E-state index in [9.17, 15) is 14.7 Å². The molecule has 3 aromatic rings. The van der Waals surface area contributed by atoms with Crippen molar-refractivity contribution in [1.29, 1.82) is 0 Å². The van der Waals surface area contributed by atoms with E-state index in [1.54, 1.807) is 44.2 Å². The Balaban J connectivity index is 1.65. The maximum Gasteiger partial charge on any atom is 0.407 e. The van der Waals surface area contributed by atoms with Gasteiger partial charge in [-0.25, -0.2) is 9.78 Å². The Morgan fingerprint density at radius 2 is 1.91 bits per heavy atom. The molecule has 1 amide bonds. The molecular formula is C26H30N2O7. The Morgan fingerprint density at radius 1 is 1.11 bits per heavy atom. The number of rotatable bonds is 11. The summed E-state index contributed by atoms with van der Waals surface area (Å²) in [5.74, 6) is 0.934. The number of phenols is 1. The van der Waals surface area contributed by atoms with Crippen molar-refractivity contribution in [2.24, 2.45) is 0 Å². The van der Waals surface area contributed by atoms with Crippen LogP contribution in [0, 0.1) is 6.92 Å². The zero-order valence-corrected chi connectivity index (χ0v) is 20.0. The molecule has 1 aromatic heterocycles. The maximum absolute atomic E-state index is 11.9. The number of carbonyl (C=O) groups is 2. The zero-order chi connectivity index (χ0) is 25.4. The first-order chi connectivity index (χ1) is 16.7. The Labute approximate surface area is 203 Å². The minimum Gasteiger partial charge on any atom is -0.508 e. The van der Waals surface area contributed by atoms with E-state index in [-0.39, 0.29) is 24.8 Å². The molecule has 0 unspecified atom stereocenters. The molecule has 0 aliphatic rings. The Hall–Kier alpha value is -4.01. The third kappa shape index (κ3) is 7.77. The molecule has 3 N–H and O–H groups in total. The number of nitrogens with zero attached hydrogens (tertiary/aromatic N) is 1. The van der Waals surface area contributed by atoms with E-state index in [4.69, 9.17) is 19.0 Å². The second-order valence-electron chi connectivity index (χ2n) is 8.30. The van der Waals surface area contributed by atoms with E-state index >= 15 is 0 Å². The zero-order valence-electron chi connectivity index (χ0n) is 20.0. The number of carboxylic acids is 1. The smallest absolute Gasteiger partial charge is 0.407 e. The molecule has 0 saturated carbocycles. The summed E-state index contributed by atoms with van der Waals surface area (Å²) in [6.45, 7) is 5.87. The number of benzene rings is 2. The van der Waals surface area contributed by atoms with Crippen molar-refractivity contribution in [3.8, 4) is 23.0 Å². The van der Waals surface area contributed by atoms with Gasteiger partial charge in [0.05, 0.1) is 18.4 Å². The summed E-state index contributed by atoms with van der Waals surface area (Å²) < 4.78 is 16.8. The molecule has 9 heteroatoms. The highest BCUT2D eigenvalue weighted by Gasteiger charge is 2.13. The van der Waals surface area contributed by atoms with Crippen LogP contribution in [0.15, 0.2) is 46.9 Å². The first-order valence-corrected chi connectivity index (χ1v) is 11.4. The van der Waals surface area contributed by atoms with E-state index in [0.29, 0.717) is 42.4 Å². The molecule has 0 aliphatic carbocycles. The molecule has 0 fully saturated rings. The third-order valence-corrected chi connectivity index (χ3v) is 5.15. The van der Waals surface area contributed by atoms with Gasteiger partial charge in [-0.2, -0.15) is 0 Å². The number of carbonyl (C=O) groups excluding carboxylic acids is 1. The molecule has 3 rings (SSSR count). The van der Waals surface area contributed by atoms with Crippen LogP contribution in [-0.4, -0.2) is 40.0 Å². The number of aliphatic carboxylic acids is 1. The van der Waals surface area contributed by atoms with Crippen molar-refractivity contribution in [2.75, 3.05) is 6.61 Å². The summed E-state index contributed by atoms with van der Waals surface area (Å²) in [7, 11) is 0. The second kappa shape index (κ2) is 11.9. The second-order valence-corrected chi connectivity index (χ2v) is 8.30. The van der Waals surface area contributed by atoms with Crippen LogP contribution >= 0.6 is 0 Å². The standard InChI is InChI=1S/C26H30N2O7/c1-16(2)34-26(32)27-15-20-14-22(9-7-18(20)8-10-24(30)31)33-12-11-23-17(3)35-25(28-23)19-5-4-6-21(29)13-19/h4-7,9,13-14,16,29H,8,10-12,15H2,1-3H3,(H,27,32)(H,30,31). The lowest BCUT2D eigenvalue weighted by Crippen LogP contribution is -2.26. The number of carboxylic acid groups (broad SMARTS) is 1. The molecule has 0 spiro atoms. The maximum atomic E-state index is 11.9. The third-order valence-electron chi connectivity index (χ3n) is 5.15. The minimum atomic E-state index is -0.892. The first kappa shape index (κ1) is 25.6. The average Bonchev–Trinajstić information content (AvgIpc) is 3.17. The molecule has 0 aliphatic heterocycles. The predicted octanol–water partition coefficient (Wildman–Crippen LogP) is 4.63. The van der Waals surface area contributed by atoms with E-state index in [1.165, 1.54) is 0 Å². The quantitative estimate of drug-likeness (QED) is 0.361. The first-order valence-electron chi connectivity index (χ1n) is 11.4. The van der Waals surface area contributed by atoms with Gasteiger partial charge >= 0.3 is 12.1 Å². The fraction of sp³-hybridized carbons (Fsp3) is 0.346. The molecule has 0 atom stereocenters. The lowest BCUT2D eigenvalue weighted by Gasteiger charge is -2.14. The van der Waals surface area contributed by atoms with Gasteiger partial charge in [-0.1, -0.05) is 12.1 Å². The number of hydrogen-bond acceptors (Lipinski definition) is 7. The summed E-state index contributed by atoms with van der Waals surface area (Å²) in [5.41, 5.74) is 3.01. The summed E-state index contributed by atoms with van der Waals surface area (Å²) in [5, 5.41) is 21.4. The summed E-state index contributed by atoms with van der Waals surface area (Å²) >= 11 is 0. The normalized spacial score (nSPS) is 10.9. The number of aromatic hydroxyl groups is 1. The molecule has 2 aromatic carbocycles. The Morgan fingerprint density at radius 3 is 2.63 bits per heavy atom. The molecule has 9 nitrogen and oxygen atoms in total. The minimum absolute atomic E-state index is 0.0173. The van der Waals surface area contributed by atoms with Crippen molar-refractivity contribution in [2.45, 2.75) is 52.7 Å². The van der Waals surface area contributed by atoms with Gasteiger partial charge in [-0.15, -0.1) is 0 Å². The van der Waals surface area contributed by atoms with Gasteiger partial charge in [0.25, 0.3) is 0 Å². The molecule has 1 heterocycles. The lowest BCUT2D eigenvalue weighted by atomic mass is 10.0. The fourth-order valence-corrected chi connectivity index (χ4v) is 3.45. The van der Waals surface area contributed by atoms with Crippen LogP contribution < -0.4 is 10.1 Å². The lowest BCUT2D eigenvalue weighted by molar-refractivity contribution is -0.136. The number of ether oxygens (including phenoxy) is 2. The van der Waals surface area contributed by atoms with E-state index < -0.39 is 12.1 Å². The molecular weight excluding hydrogens is 452 g/mol. The van der Waals surface area contributed by atoms with Gasteiger partial charge < -0.3 is 29.4 Å². The van der Waals surface area contributed by atoms with Gasteiger partial charge in [0.2, 0.25) is 5.89 Å². The van der Waals surface area contributed by atoms with Crippen LogP contribution in [0.4, 0.5) is 4.79 Å². The van der Waals surface area contributed by atoms with Crippen molar-refractivity contribution in [3.63, 3.8) is 0 Å². The highest BCUT2D eigenvalue weighted by molar-refractivity contribution is 5.68. The van der Waals surface area contributed by atoms with Crippen molar-refractivity contribution < 1.29 is 33.7 Å². The number of alkyl carbamates (subject to hydrolysis) is 1. The van der Waals surface area contributed by atoms with E-state index in [0.717, 1.165) is 16.8 Å². The Kier molecular flexibility index (Phi) is 8.72. The molecule has 0 bridgehead atoms. The molecule has 0 saturated heterocycles. The summed E-state index contributed by atoms with van der Waals surface area (Å²) in [6.07, 6.45) is 0.0329. The van der Waals surface area contributed by atoms with Crippen LogP contribution in [-0.2, 0) is 28.9 Å². The van der Waals surface area contributed by atoms with E-state index in [2.05, 4.69) is 10.3 Å². The van der Waals surface area contributed by atoms with Gasteiger partial charge in [0.1, 0.15) is 17.3 Å². The molecule has 0 radical (unpaired) electrons. The molecule has 186 valence electrons. The van der Waals surface area contributed by atoms with Crippen molar-refractivity contribution >= 4 is 12.1 Å². The van der Waals surface area contributed by atoms with Crippen LogP contribution in [0.5, 0.6) is 11.5 Å². The predicted molar refractivity (Wildman–Crippen MR) is 128 cm³/mol. The van der Waals surface area contributed by atoms with Crippen LogP contribution in [0.1, 0.15) is 42.8 Å². The SMILES string of the molecule is Cc1oc(-c2cccc(O)c2)nc1CCOc1ccc(CCC(=O)O)c(CNC(=O)OC(C)C)c1. The van der Waals surface area contributed by atoms with Crippen molar-refractivity contribution in [3.05, 3.63) is 65.0 Å². The highest BCUT2D eigenvalue weighted by atomic mass is 16.6. The van der Waals surface area contributed by atoms with Gasteiger partial charge in [-0.3, -0.25) is 4.79 Å². The molecule has 35 heavy (non-hydrogen) atoms. The number of aryl methyl sites for hydroxylation is 2. The number of phenolic OH excluding ortho intramolecular Hbond substituents is 1. The largest absolute Gasteiger partial charge is 0.508 e. The topological polar surface area (TPSA) is 131 Å². The Bertz CT molecular complexity index is 1170. The van der Waals surface area contributed by atoms with Gasteiger partial charge in [0.15, 0.2) is 0 Å². The van der Waals surface area contributed by atoms with Crippen LogP contribution in [0.2, 0.25) is 0 Å². The number of amides is 1.